The molecular formula is C18H23F9O4. The van der Waals surface area contributed by atoms with Crippen LogP contribution in [0.1, 0.15) is 46.0 Å². The predicted molar refractivity (Wildman–Crippen MR) is 89.9 cm³/mol. The molecule has 0 rings (SSSR count). The van der Waals surface area contributed by atoms with Gasteiger partial charge in [-0.3, -0.25) is 0 Å². The summed E-state index contributed by atoms with van der Waals surface area (Å²) < 4.78 is 123. The van der Waals surface area contributed by atoms with Gasteiger partial charge < -0.3 is 9.47 Å². The van der Waals surface area contributed by atoms with Gasteiger partial charge in [-0.2, -0.15) is 39.5 Å². The van der Waals surface area contributed by atoms with Crippen LogP contribution in [0.4, 0.5) is 39.5 Å². The first-order chi connectivity index (χ1) is 14.0. The first-order valence-corrected chi connectivity index (χ1v) is 9.25. The summed E-state index contributed by atoms with van der Waals surface area (Å²) in [5.74, 6) is -22.0. The van der Waals surface area contributed by atoms with E-state index in [1.165, 1.54) is 0 Å². The summed E-state index contributed by atoms with van der Waals surface area (Å²) >= 11 is 0. The van der Waals surface area contributed by atoms with Crippen LogP contribution in [0.5, 0.6) is 0 Å². The molecule has 1 unspecified atom stereocenters. The number of alkyl halides is 9. The van der Waals surface area contributed by atoms with Gasteiger partial charge in [-0.1, -0.05) is 33.1 Å². The quantitative estimate of drug-likeness (QED) is 0.195. The maximum Gasteiger partial charge on any atom is 0.460 e. The number of ether oxygens (including phenoxy) is 2. The van der Waals surface area contributed by atoms with Crippen molar-refractivity contribution < 1.29 is 58.6 Å². The summed E-state index contributed by atoms with van der Waals surface area (Å²) in [6.45, 7) is 2.31. The second kappa shape index (κ2) is 11.6. The fourth-order valence-corrected chi connectivity index (χ4v) is 2.17. The average Bonchev–Trinajstić information content (AvgIpc) is 2.65. The van der Waals surface area contributed by atoms with Gasteiger partial charge in [0, 0.05) is 12.2 Å². The first-order valence-electron chi connectivity index (χ1n) is 9.25. The number of esters is 2. The number of halogens is 9. The molecule has 0 aromatic rings. The van der Waals surface area contributed by atoms with Gasteiger partial charge >= 0.3 is 35.9 Å². The van der Waals surface area contributed by atoms with Gasteiger partial charge in [-0.05, 0) is 12.3 Å². The fraction of sp³-hybridized carbons (Fsp3) is 0.778. The molecule has 0 fully saturated rings. The van der Waals surface area contributed by atoms with Crippen molar-refractivity contribution in [1.82, 2.24) is 0 Å². The van der Waals surface area contributed by atoms with Crippen LogP contribution in [0.2, 0.25) is 0 Å². The first kappa shape index (κ1) is 29.1. The van der Waals surface area contributed by atoms with Crippen LogP contribution in [0.15, 0.2) is 12.2 Å². The van der Waals surface area contributed by atoms with Crippen molar-refractivity contribution in [3.63, 3.8) is 0 Å². The van der Waals surface area contributed by atoms with E-state index >= 15 is 0 Å². The maximum atomic E-state index is 13.3. The van der Waals surface area contributed by atoms with Crippen LogP contribution in [0, 0.1) is 5.92 Å². The SMILES string of the molecule is CCCCC(CC)COC(=O)C=CC(=O)OCCC(F)(F)C(F)(F)C(F)(F)C(F)(F)F. The van der Waals surface area contributed by atoms with Gasteiger partial charge in [-0.25, -0.2) is 9.59 Å². The van der Waals surface area contributed by atoms with E-state index in [1.54, 1.807) is 0 Å². The average molecular weight is 474 g/mol. The molecule has 4 nitrogen and oxygen atoms in total. The van der Waals surface area contributed by atoms with Crippen molar-refractivity contribution in [2.75, 3.05) is 13.2 Å². The molecule has 0 aliphatic carbocycles. The summed E-state index contributed by atoms with van der Waals surface area (Å²) in [7, 11) is 0. The number of hydrogen-bond donors (Lipinski definition) is 0. The zero-order valence-electron chi connectivity index (χ0n) is 16.7. The highest BCUT2D eigenvalue weighted by atomic mass is 19.4. The van der Waals surface area contributed by atoms with E-state index in [1.807, 2.05) is 13.8 Å². The van der Waals surface area contributed by atoms with E-state index in [-0.39, 0.29) is 12.5 Å². The van der Waals surface area contributed by atoms with Gasteiger partial charge in [0.2, 0.25) is 0 Å². The minimum absolute atomic E-state index is 0.0590. The highest BCUT2D eigenvalue weighted by Gasteiger charge is 2.81. The van der Waals surface area contributed by atoms with Gasteiger partial charge in [0.1, 0.15) is 0 Å². The minimum atomic E-state index is -7.01. The molecule has 0 aliphatic heterocycles. The third-order valence-electron chi connectivity index (χ3n) is 4.23. The van der Waals surface area contributed by atoms with Gasteiger partial charge in [0.25, 0.3) is 0 Å². The highest BCUT2D eigenvalue weighted by molar-refractivity contribution is 5.91. The second-order valence-electron chi connectivity index (χ2n) is 6.65. The zero-order valence-corrected chi connectivity index (χ0v) is 16.7. The topological polar surface area (TPSA) is 52.6 Å². The lowest BCUT2D eigenvalue weighted by Crippen LogP contribution is -2.61. The van der Waals surface area contributed by atoms with E-state index in [0.29, 0.717) is 12.2 Å². The molecule has 0 bridgehead atoms. The van der Waals surface area contributed by atoms with Crippen molar-refractivity contribution in [2.24, 2.45) is 5.92 Å². The van der Waals surface area contributed by atoms with Crippen molar-refractivity contribution in [2.45, 2.75) is 69.9 Å². The normalized spacial score (nSPS) is 14.5. The van der Waals surface area contributed by atoms with E-state index in [9.17, 15) is 49.1 Å². The standard InChI is InChI=1S/C18H23F9O4/c1-3-5-6-12(4-2)11-31-14(29)8-7-13(28)30-10-9-15(19,20)16(21,22)17(23,24)18(25,26)27/h7-8,12H,3-6,9-11H2,1-2H3. The summed E-state index contributed by atoms with van der Waals surface area (Å²) in [4.78, 5) is 22.8. The lowest BCUT2D eigenvalue weighted by molar-refractivity contribution is -0.397. The molecule has 0 aromatic carbocycles. The largest absolute Gasteiger partial charge is 0.462 e. The molecule has 0 aliphatic rings. The molecule has 0 aromatic heterocycles. The van der Waals surface area contributed by atoms with Crippen LogP contribution in [-0.2, 0) is 19.1 Å². The number of rotatable bonds is 13. The molecule has 0 heterocycles. The lowest BCUT2D eigenvalue weighted by atomic mass is 10.0. The van der Waals surface area contributed by atoms with Crippen LogP contribution in [0.3, 0.4) is 0 Å². The van der Waals surface area contributed by atoms with E-state index in [0.717, 1.165) is 25.7 Å². The number of unbranched alkanes of at least 4 members (excludes halogenated alkanes) is 1. The molecule has 0 saturated heterocycles. The third kappa shape index (κ3) is 8.24. The van der Waals surface area contributed by atoms with Crippen LogP contribution in [-0.4, -0.2) is 49.1 Å². The summed E-state index contributed by atoms with van der Waals surface area (Å²) in [5.41, 5.74) is 0. The molecule has 0 radical (unpaired) electrons. The summed E-state index contributed by atoms with van der Waals surface area (Å²) in [5, 5.41) is 0. The summed E-state index contributed by atoms with van der Waals surface area (Å²) in [6, 6.07) is 0. The Balaban J connectivity index is 4.65. The third-order valence-corrected chi connectivity index (χ3v) is 4.23. The molecule has 0 amide bonds. The smallest absolute Gasteiger partial charge is 0.460 e. The number of carbonyl (C=O) groups excluding carboxylic acids is 2. The van der Waals surface area contributed by atoms with E-state index in [2.05, 4.69) is 4.74 Å². The highest BCUT2D eigenvalue weighted by Crippen LogP contribution is 2.53. The molecule has 0 N–H and O–H groups in total. The van der Waals surface area contributed by atoms with Crippen molar-refractivity contribution in [3.8, 4) is 0 Å². The van der Waals surface area contributed by atoms with Crippen LogP contribution < -0.4 is 0 Å². The van der Waals surface area contributed by atoms with Crippen molar-refractivity contribution in [1.29, 1.82) is 0 Å². The Bertz CT molecular complexity index is 616. The fourth-order valence-electron chi connectivity index (χ4n) is 2.17. The molecule has 182 valence electrons. The van der Waals surface area contributed by atoms with Crippen molar-refractivity contribution in [3.05, 3.63) is 12.2 Å². The predicted octanol–water partition coefficient (Wildman–Crippen LogP) is 5.70. The van der Waals surface area contributed by atoms with Crippen LogP contribution in [0.25, 0.3) is 0 Å². The Labute approximate surface area is 172 Å². The molecule has 1 atom stereocenters. The zero-order chi connectivity index (χ0) is 24.5. The Morgan fingerprint density at radius 1 is 0.839 bits per heavy atom. The lowest BCUT2D eigenvalue weighted by Gasteiger charge is -2.33. The Hall–Kier alpha value is -1.95. The maximum absolute atomic E-state index is 13.3. The monoisotopic (exact) mass is 474 g/mol. The minimum Gasteiger partial charge on any atom is -0.462 e. The van der Waals surface area contributed by atoms with Crippen LogP contribution >= 0.6 is 0 Å². The molecule has 31 heavy (non-hydrogen) atoms. The molecule has 13 heteroatoms. The second-order valence-corrected chi connectivity index (χ2v) is 6.65. The number of carbonyl (C=O) groups is 2. The van der Waals surface area contributed by atoms with Gasteiger partial charge in [-0.15, -0.1) is 0 Å². The Morgan fingerprint density at radius 3 is 1.81 bits per heavy atom. The molecule has 0 spiro atoms. The van der Waals surface area contributed by atoms with Gasteiger partial charge in [0.05, 0.1) is 19.6 Å². The molecular weight excluding hydrogens is 451 g/mol. The Kier molecular flexibility index (Phi) is 10.9. The van der Waals surface area contributed by atoms with E-state index in [4.69, 9.17) is 4.74 Å². The van der Waals surface area contributed by atoms with Crippen molar-refractivity contribution >= 4 is 11.9 Å². The van der Waals surface area contributed by atoms with Gasteiger partial charge in [0.15, 0.2) is 0 Å². The Morgan fingerprint density at radius 2 is 1.35 bits per heavy atom. The number of hydrogen-bond acceptors (Lipinski definition) is 4. The van der Waals surface area contributed by atoms with E-state index < -0.39 is 48.9 Å². The summed E-state index contributed by atoms with van der Waals surface area (Å²) in [6.07, 6.45) is -4.87. The molecule has 0 saturated carbocycles.